The number of nitrogens with zero attached hydrogens (tertiary/aromatic N) is 1. The molecule has 0 radical (unpaired) electrons. The summed E-state index contributed by atoms with van der Waals surface area (Å²) in [4.78, 5) is 28.3. The first-order chi connectivity index (χ1) is 12.2. The van der Waals surface area contributed by atoms with Crippen molar-refractivity contribution < 1.29 is 32.3 Å². The fraction of sp³-hybridized carbons (Fsp3) is 0.133. The van der Waals surface area contributed by atoms with Crippen LogP contribution in [0.15, 0.2) is 59.5 Å². The van der Waals surface area contributed by atoms with Crippen LogP contribution in [-0.4, -0.2) is 42.4 Å². The molecular formula is C15H17N2O7PS. The van der Waals surface area contributed by atoms with Crippen LogP contribution in [0.3, 0.4) is 0 Å². The Hall–Kier alpha value is -2.23. The van der Waals surface area contributed by atoms with Gasteiger partial charge >= 0.3 is 7.75 Å². The first-order valence-electron chi connectivity index (χ1n) is 7.33. The normalized spacial score (nSPS) is 11.8. The molecule has 0 aliphatic carbocycles. The topological polar surface area (TPSA) is 133 Å². The van der Waals surface area contributed by atoms with Crippen LogP contribution >= 0.6 is 7.75 Å². The van der Waals surface area contributed by atoms with Gasteiger partial charge in [0.25, 0.3) is 0 Å². The van der Waals surface area contributed by atoms with Crippen LogP contribution in [0.2, 0.25) is 0 Å². The number of hydrogen-bond acceptors (Lipinski definition) is 5. The fourth-order valence-corrected chi connectivity index (χ4v) is 3.44. The molecule has 0 unspecified atom stereocenters. The predicted octanol–water partition coefficient (Wildman–Crippen LogP) is 1.31. The summed E-state index contributed by atoms with van der Waals surface area (Å²) >= 11 is 0. The SMILES string of the molecule is O=CN(CCNS(=O)(=O)c1ccc(Oc2ccccc2)cc1)P(=O)(O)O. The van der Waals surface area contributed by atoms with Gasteiger partial charge in [-0.2, -0.15) is 0 Å². The molecular weight excluding hydrogens is 383 g/mol. The van der Waals surface area contributed by atoms with E-state index in [0.29, 0.717) is 11.5 Å². The zero-order chi connectivity index (χ0) is 19.2. The van der Waals surface area contributed by atoms with Crippen molar-refractivity contribution in [3.05, 3.63) is 54.6 Å². The highest BCUT2D eigenvalue weighted by Gasteiger charge is 2.24. The Morgan fingerprint density at radius 2 is 1.62 bits per heavy atom. The van der Waals surface area contributed by atoms with Gasteiger partial charge in [-0.15, -0.1) is 0 Å². The van der Waals surface area contributed by atoms with E-state index in [4.69, 9.17) is 14.5 Å². The zero-order valence-corrected chi connectivity index (χ0v) is 15.1. The number of carbonyl (C=O) groups is 1. The van der Waals surface area contributed by atoms with Gasteiger partial charge in [-0.1, -0.05) is 18.2 Å². The summed E-state index contributed by atoms with van der Waals surface area (Å²) in [6.45, 7) is -0.823. The Kier molecular flexibility index (Phi) is 6.52. The Morgan fingerprint density at radius 3 is 2.15 bits per heavy atom. The number of benzene rings is 2. The highest BCUT2D eigenvalue weighted by Crippen LogP contribution is 2.37. The number of hydrogen-bond donors (Lipinski definition) is 3. The van der Waals surface area contributed by atoms with Crippen molar-refractivity contribution in [2.24, 2.45) is 0 Å². The van der Waals surface area contributed by atoms with Crippen molar-refractivity contribution in [3.63, 3.8) is 0 Å². The molecule has 2 aromatic carbocycles. The number of amides is 1. The van der Waals surface area contributed by atoms with Crippen molar-refractivity contribution in [2.75, 3.05) is 13.1 Å². The number of para-hydroxylation sites is 1. The van der Waals surface area contributed by atoms with Crippen molar-refractivity contribution in [3.8, 4) is 11.5 Å². The summed E-state index contributed by atoms with van der Waals surface area (Å²) in [6, 6.07) is 14.6. The van der Waals surface area contributed by atoms with E-state index in [1.807, 2.05) is 6.07 Å². The molecule has 3 N–H and O–H groups in total. The molecule has 140 valence electrons. The molecule has 2 aromatic rings. The summed E-state index contributed by atoms with van der Waals surface area (Å²) in [5.74, 6) is 1.05. The summed E-state index contributed by atoms with van der Waals surface area (Å²) in [5.41, 5.74) is 0. The standard InChI is InChI=1S/C15H17N2O7PS/c18-12-17(25(19,20)21)11-10-16-26(22,23)15-8-6-14(7-9-15)24-13-4-2-1-3-5-13/h1-9,12,16H,10-11H2,(H2,19,20,21). The molecule has 0 aromatic heterocycles. The summed E-state index contributed by atoms with van der Waals surface area (Å²) < 4.78 is 43.3. The van der Waals surface area contributed by atoms with Gasteiger partial charge in [-0.25, -0.2) is 17.7 Å². The predicted molar refractivity (Wildman–Crippen MR) is 93.0 cm³/mol. The number of rotatable bonds is 9. The van der Waals surface area contributed by atoms with E-state index in [1.54, 1.807) is 24.3 Å². The maximum Gasteiger partial charge on any atom is 0.432 e. The second kappa shape index (κ2) is 8.43. The van der Waals surface area contributed by atoms with Crippen LogP contribution in [0.25, 0.3) is 0 Å². The number of nitrogens with one attached hydrogen (secondary N) is 1. The van der Waals surface area contributed by atoms with Gasteiger partial charge in [0.2, 0.25) is 16.4 Å². The van der Waals surface area contributed by atoms with Crippen LogP contribution in [0.1, 0.15) is 0 Å². The molecule has 0 bridgehead atoms. The van der Waals surface area contributed by atoms with Gasteiger partial charge in [0.05, 0.1) is 4.90 Å². The Balaban J connectivity index is 1.98. The molecule has 9 nitrogen and oxygen atoms in total. The Bertz CT molecular complexity index is 882. The molecule has 11 heteroatoms. The first kappa shape index (κ1) is 20.1. The first-order valence-corrected chi connectivity index (χ1v) is 10.4. The van der Waals surface area contributed by atoms with Crippen molar-refractivity contribution >= 4 is 24.2 Å². The lowest BCUT2D eigenvalue weighted by Crippen LogP contribution is -2.32. The highest BCUT2D eigenvalue weighted by molar-refractivity contribution is 7.89. The van der Waals surface area contributed by atoms with Crippen LogP contribution in [0.5, 0.6) is 11.5 Å². The van der Waals surface area contributed by atoms with Gasteiger partial charge in [-0.3, -0.25) is 9.46 Å². The molecule has 0 atom stereocenters. The molecule has 0 aliphatic heterocycles. The van der Waals surface area contributed by atoms with Gasteiger partial charge in [0.15, 0.2) is 0 Å². The van der Waals surface area contributed by atoms with E-state index in [1.165, 1.54) is 24.3 Å². The minimum absolute atomic E-state index is 0.0369. The van der Waals surface area contributed by atoms with Gasteiger partial charge < -0.3 is 14.5 Å². The third-order valence-electron chi connectivity index (χ3n) is 3.20. The number of carbonyl (C=O) groups excluding carboxylic acids is 1. The minimum atomic E-state index is -4.76. The van der Waals surface area contributed by atoms with E-state index in [9.17, 15) is 17.8 Å². The molecule has 1 amide bonds. The van der Waals surface area contributed by atoms with E-state index in [2.05, 4.69) is 4.72 Å². The van der Waals surface area contributed by atoms with Crippen molar-refractivity contribution in [2.45, 2.75) is 4.90 Å². The third-order valence-corrected chi connectivity index (χ3v) is 5.64. The lowest BCUT2D eigenvalue weighted by atomic mass is 10.3. The number of sulfonamides is 1. The third kappa shape index (κ3) is 5.65. The smallest absolute Gasteiger partial charge is 0.432 e. The van der Waals surface area contributed by atoms with E-state index < -0.39 is 24.3 Å². The van der Waals surface area contributed by atoms with E-state index >= 15 is 0 Å². The lowest BCUT2D eigenvalue weighted by Gasteiger charge is -2.18. The number of ether oxygens (including phenoxy) is 1. The Morgan fingerprint density at radius 1 is 1.04 bits per heavy atom. The van der Waals surface area contributed by atoms with Gasteiger partial charge in [0, 0.05) is 13.1 Å². The molecule has 0 saturated carbocycles. The highest BCUT2D eigenvalue weighted by atomic mass is 32.2. The second-order valence-electron chi connectivity index (χ2n) is 5.07. The zero-order valence-electron chi connectivity index (χ0n) is 13.4. The van der Waals surface area contributed by atoms with Crippen LogP contribution < -0.4 is 9.46 Å². The second-order valence-corrected chi connectivity index (χ2v) is 8.37. The largest absolute Gasteiger partial charge is 0.457 e. The van der Waals surface area contributed by atoms with Crippen LogP contribution in [0.4, 0.5) is 0 Å². The van der Waals surface area contributed by atoms with Crippen LogP contribution in [-0.2, 0) is 19.4 Å². The van der Waals surface area contributed by atoms with Crippen molar-refractivity contribution in [1.29, 1.82) is 0 Å². The molecule has 0 heterocycles. The quantitative estimate of drug-likeness (QED) is 0.427. The average molecular weight is 400 g/mol. The van der Waals surface area contributed by atoms with Crippen LogP contribution in [0, 0.1) is 0 Å². The molecule has 0 saturated heterocycles. The Labute approximate surface area is 150 Å². The van der Waals surface area contributed by atoms with Gasteiger partial charge in [0.1, 0.15) is 11.5 Å². The average Bonchev–Trinajstić information content (AvgIpc) is 2.59. The monoisotopic (exact) mass is 400 g/mol. The summed E-state index contributed by atoms with van der Waals surface area (Å²) in [6.07, 6.45) is -0.0369. The molecule has 0 fully saturated rings. The van der Waals surface area contributed by atoms with E-state index in [0.717, 1.165) is 0 Å². The maximum atomic E-state index is 12.2. The lowest BCUT2D eigenvalue weighted by molar-refractivity contribution is -0.114. The molecule has 26 heavy (non-hydrogen) atoms. The fourth-order valence-electron chi connectivity index (χ4n) is 1.93. The summed E-state index contributed by atoms with van der Waals surface area (Å²) in [5, 5.41) is 0. The molecule has 0 spiro atoms. The maximum absolute atomic E-state index is 12.2. The van der Waals surface area contributed by atoms with Crippen molar-refractivity contribution in [1.82, 2.24) is 9.39 Å². The van der Waals surface area contributed by atoms with Gasteiger partial charge in [-0.05, 0) is 36.4 Å². The molecule has 0 aliphatic rings. The minimum Gasteiger partial charge on any atom is -0.457 e. The summed E-state index contributed by atoms with van der Waals surface area (Å²) in [7, 11) is -8.66. The van der Waals surface area contributed by atoms with E-state index in [-0.39, 0.29) is 22.5 Å². The molecule has 2 rings (SSSR count).